The Bertz CT molecular complexity index is 883. The van der Waals surface area contributed by atoms with Crippen LogP contribution in [0.1, 0.15) is 23.2 Å². The fourth-order valence-corrected chi connectivity index (χ4v) is 3.56. The van der Waals surface area contributed by atoms with Gasteiger partial charge in [0.15, 0.2) is 0 Å². The molecule has 1 aliphatic rings. The molecule has 1 atom stereocenters. The minimum Gasteiger partial charge on any atom is -0.465 e. The molecule has 0 bridgehead atoms. The third kappa shape index (κ3) is 4.31. The number of benzene rings is 1. The molecule has 0 spiro atoms. The van der Waals surface area contributed by atoms with Gasteiger partial charge in [-0.2, -0.15) is 9.78 Å². The van der Waals surface area contributed by atoms with Crippen LogP contribution in [0.5, 0.6) is 0 Å². The molecular formula is C19H23ClN4O3. The van der Waals surface area contributed by atoms with Crippen molar-refractivity contribution in [1.82, 2.24) is 14.7 Å². The van der Waals surface area contributed by atoms with E-state index in [0.29, 0.717) is 17.3 Å². The fraction of sp³-hybridized carbons (Fsp3) is 0.421. The van der Waals surface area contributed by atoms with E-state index in [-0.39, 0.29) is 10.6 Å². The third-order valence-corrected chi connectivity index (χ3v) is 5.12. The number of methoxy groups -OCH3 is 1. The molecule has 0 radical (unpaired) electrons. The summed E-state index contributed by atoms with van der Waals surface area (Å²) >= 11 is 6.30. The van der Waals surface area contributed by atoms with Crippen LogP contribution in [0, 0.1) is 5.92 Å². The second-order valence-corrected chi connectivity index (χ2v) is 7.13. The smallest absolute Gasteiger partial charge is 0.340 e. The lowest BCUT2D eigenvalue weighted by molar-refractivity contribution is 0.0600. The predicted octanol–water partition coefficient (Wildman–Crippen LogP) is 2.43. The minimum atomic E-state index is -0.543. The maximum atomic E-state index is 12.7. The summed E-state index contributed by atoms with van der Waals surface area (Å²) in [6, 6.07) is 6.62. The Morgan fingerprint density at radius 2 is 2.19 bits per heavy atom. The molecule has 2 aromatic rings. The van der Waals surface area contributed by atoms with Crippen molar-refractivity contribution >= 4 is 23.3 Å². The van der Waals surface area contributed by atoms with Gasteiger partial charge in [-0.25, -0.2) is 4.79 Å². The van der Waals surface area contributed by atoms with Crippen LogP contribution in [0.3, 0.4) is 0 Å². The first-order valence-electron chi connectivity index (χ1n) is 8.89. The van der Waals surface area contributed by atoms with E-state index in [0.717, 1.165) is 30.7 Å². The number of ether oxygens (including phenoxy) is 1. The Hall–Kier alpha value is -2.38. The molecular weight excluding hydrogens is 368 g/mol. The van der Waals surface area contributed by atoms with Crippen LogP contribution in [-0.4, -0.2) is 54.4 Å². The summed E-state index contributed by atoms with van der Waals surface area (Å²) in [4.78, 5) is 27.0. The molecule has 1 aromatic heterocycles. The summed E-state index contributed by atoms with van der Waals surface area (Å²) in [5, 5.41) is 7.50. The molecule has 0 amide bonds. The van der Waals surface area contributed by atoms with E-state index in [9.17, 15) is 9.59 Å². The average molecular weight is 391 g/mol. The molecule has 1 saturated heterocycles. The average Bonchev–Trinajstić information content (AvgIpc) is 2.68. The van der Waals surface area contributed by atoms with Gasteiger partial charge in [0.2, 0.25) is 0 Å². The van der Waals surface area contributed by atoms with Crippen LogP contribution in [-0.2, 0) is 4.74 Å². The van der Waals surface area contributed by atoms with Crippen LogP contribution in [0.15, 0.2) is 35.3 Å². The van der Waals surface area contributed by atoms with Gasteiger partial charge in [-0.15, -0.1) is 0 Å². The maximum absolute atomic E-state index is 12.7. The number of hydrogen-bond donors (Lipinski definition) is 1. The summed E-state index contributed by atoms with van der Waals surface area (Å²) in [5.41, 5.74) is 0.591. The lowest BCUT2D eigenvalue weighted by Gasteiger charge is -2.30. The molecule has 0 aliphatic carbocycles. The Morgan fingerprint density at radius 1 is 1.41 bits per heavy atom. The number of esters is 1. The molecule has 2 heterocycles. The number of hydrogen-bond acceptors (Lipinski definition) is 6. The van der Waals surface area contributed by atoms with Crippen molar-refractivity contribution in [3.05, 3.63) is 51.4 Å². The minimum absolute atomic E-state index is 0.0498. The quantitative estimate of drug-likeness (QED) is 0.790. The first-order chi connectivity index (χ1) is 13.0. The molecule has 7 nitrogen and oxygen atoms in total. The molecule has 1 N–H and O–H groups in total. The van der Waals surface area contributed by atoms with Crippen LogP contribution in [0.25, 0.3) is 5.69 Å². The molecule has 0 saturated carbocycles. The number of halogens is 1. The van der Waals surface area contributed by atoms with E-state index in [1.54, 1.807) is 24.3 Å². The first-order valence-corrected chi connectivity index (χ1v) is 9.27. The Balaban J connectivity index is 1.84. The number of aromatic nitrogens is 2. The van der Waals surface area contributed by atoms with Gasteiger partial charge in [-0.3, -0.25) is 4.79 Å². The number of carbonyl (C=O) groups excluding carboxylic acids is 1. The highest BCUT2D eigenvalue weighted by atomic mass is 35.5. The van der Waals surface area contributed by atoms with E-state index in [1.807, 2.05) is 0 Å². The van der Waals surface area contributed by atoms with Crippen LogP contribution < -0.4 is 10.9 Å². The van der Waals surface area contributed by atoms with Crippen LogP contribution in [0.4, 0.5) is 5.69 Å². The van der Waals surface area contributed by atoms with Crippen molar-refractivity contribution in [3.63, 3.8) is 0 Å². The van der Waals surface area contributed by atoms with Gasteiger partial charge in [0, 0.05) is 13.1 Å². The third-order valence-electron chi connectivity index (χ3n) is 4.76. The zero-order valence-corrected chi connectivity index (χ0v) is 16.2. The number of likely N-dealkylation sites (tertiary alicyclic amines) is 1. The van der Waals surface area contributed by atoms with Crippen molar-refractivity contribution in [3.8, 4) is 5.69 Å². The lowest BCUT2D eigenvalue weighted by Crippen LogP contribution is -2.35. The van der Waals surface area contributed by atoms with Gasteiger partial charge < -0.3 is 15.0 Å². The lowest BCUT2D eigenvalue weighted by atomic mass is 9.98. The van der Waals surface area contributed by atoms with Gasteiger partial charge in [-0.05, 0) is 44.5 Å². The number of nitrogens with one attached hydrogen (secondary N) is 1. The van der Waals surface area contributed by atoms with E-state index in [2.05, 4.69) is 22.4 Å². The molecule has 144 valence electrons. The van der Waals surface area contributed by atoms with E-state index in [4.69, 9.17) is 16.3 Å². The molecule has 1 unspecified atom stereocenters. The second kappa shape index (κ2) is 8.54. The van der Waals surface area contributed by atoms with Crippen molar-refractivity contribution in [2.45, 2.75) is 12.8 Å². The van der Waals surface area contributed by atoms with Gasteiger partial charge >= 0.3 is 5.97 Å². The SMILES string of the molecule is COC(=O)c1ccccc1-n1ncc(NCC2CCCN(C)C2)c(Cl)c1=O. The highest BCUT2D eigenvalue weighted by Gasteiger charge is 2.19. The van der Waals surface area contributed by atoms with Crippen molar-refractivity contribution in [2.24, 2.45) is 5.92 Å². The van der Waals surface area contributed by atoms with E-state index >= 15 is 0 Å². The highest BCUT2D eigenvalue weighted by Crippen LogP contribution is 2.21. The zero-order valence-electron chi connectivity index (χ0n) is 15.4. The Kier molecular flexibility index (Phi) is 6.13. The summed E-state index contributed by atoms with van der Waals surface area (Å²) in [6.07, 6.45) is 3.83. The zero-order chi connectivity index (χ0) is 19.4. The topological polar surface area (TPSA) is 76.5 Å². The molecule has 1 aliphatic heterocycles. The number of para-hydroxylation sites is 1. The molecule has 27 heavy (non-hydrogen) atoms. The fourth-order valence-electron chi connectivity index (χ4n) is 3.36. The first kappa shape index (κ1) is 19.4. The Labute approximate surface area is 162 Å². The van der Waals surface area contributed by atoms with Crippen LogP contribution >= 0.6 is 11.6 Å². The van der Waals surface area contributed by atoms with Gasteiger partial charge in [0.1, 0.15) is 5.02 Å². The summed E-state index contributed by atoms with van der Waals surface area (Å²) < 4.78 is 5.89. The van der Waals surface area contributed by atoms with Gasteiger partial charge in [0.05, 0.1) is 30.2 Å². The molecule has 3 rings (SSSR count). The number of anilines is 1. The normalized spacial score (nSPS) is 17.5. The second-order valence-electron chi connectivity index (χ2n) is 6.75. The molecule has 1 fully saturated rings. The standard InChI is InChI=1S/C19H23ClN4O3/c1-23-9-5-6-13(12-23)10-21-15-11-22-24(18(25)17(15)20)16-8-4-3-7-14(16)19(26)27-2/h3-4,7-8,11,13,21H,5-6,9-10,12H2,1-2H3. The molecule has 1 aromatic carbocycles. The molecule has 8 heteroatoms. The number of rotatable bonds is 5. The van der Waals surface area contributed by atoms with Crippen molar-refractivity contribution < 1.29 is 9.53 Å². The summed E-state index contributed by atoms with van der Waals surface area (Å²) in [6.45, 7) is 2.87. The largest absolute Gasteiger partial charge is 0.465 e. The summed E-state index contributed by atoms with van der Waals surface area (Å²) in [5.74, 6) is -0.0404. The van der Waals surface area contributed by atoms with Crippen molar-refractivity contribution in [1.29, 1.82) is 0 Å². The van der Waals surface area contributed by atoms with Gasteiger partial charge in [-0.1, -0.05) is 23.7 Å². The van der Waals surface area contributed by atoms with Gasteiger partial charge in [0.25, 0.3) is 5.56 Å². The van der Waals surface area contributed by atoms with Crippen LogP contribution in [0.2, 0.25) is 5.02 Å². The summed E-state index contributed by atoms with van der Waals surface area (Å²) in [7, 11) is 3.40. The Morgan fingerprint density at radius 3 is 2.93 bits per heavy atom. The van der Waals surface area contributed by atoms with Crippen molar-refractivity contribution in [2.75, 3.05) is 39.1 Å². The van der Waals surface area contributed by atoms with E-state index < -0.39 is 11.5 Å². The number of piperidine rings is 1. The van der Waals surface area contributed by atoms with E-state index in [1.165, 1.54) is 19.7 Å². The highest BCUT2D eigenvalue weighted by molar-refractivity contribution is 6.33. The predicted molar refractivity (Wildman–Crippen MR) is 105 cm³/mol. The maximum Gasteiger partial charge on any atom is 0.340 e. The number of nitrogens with zero attached hydrogens (tertiary/aromatic N) is 3. The monoisotopic (exact) mass is 390 g/mol. The number of carbonyl (C=O) groups is 1.